The van der Waals surface area contributed by atoms with Crippen LogP contribution in [0.1, 0.15) is 12.8 Å². The van der Waals surface area contributed by atoms with Crippen molar-refractivity contribution in [3.63, 3.8) is 0 Å². The van der Waals surface area contributed by atoms with Crippen molar-refractivity contribution in [2.45, 2.75) is 17.7 Å². The normalized spacial score (nSPS) is 18.1. The second-order valence-corrected chi connectivity index (χ2v) is 6.88. The highest BCUT2D eigenvalue weighted by Crippen LogP contribution is 2.28. The Morgan fingerprint density at radius 2 is 1.95 bits per heavy atom. The summed E-state index contributed by atoms with van der Waals surface area (Å²) in [5.74, 6) is -2.46. The van der Waals surface area contributed by atoms with Gasteiger partial charge in [0.05, 0.1) is 10.9 Å². The lowest BCUT2D eigenvalue weighted by Gasteiger charge is -2.29. The van der Waals surface area contributed by atoms with Crippen LogP contribution in [0.15, 0.2) is 23.1 Å². The molecule has 1 aromatic carbocycles. The van der Waals surface area contributed by atoms with Gasteiger partial charge < -0.3 is 5.11 Å². The summed E-state index contributed by atoms with van der Waals surface area (Å²) in [7, 11) is -3.98. The predicted molar refractivity (Wildman–Crippen MR) is 70.5 cm³/mol. The summed E-state index contributed by atoms with van der Waals surface area (Å²) in [6.07, 6.45) is 0.438. The molecule has 1 fully saturated rings. The van der Waals surface area contributed by atoms with Crippen molar-refractivity contribution in [3.05, 3.63) is 29.0 Å². The number of carbonyl (C=O) groups is 1. The molecule has 1 aliphatic heterocycles. The Kier molecular flexibility index (Phi) is 4.31. The largest absolute Gasteiger partial charge is 0.481 e. The summed E-state index contributed by atoms with van der Waals surface area (Å²) in [5, 5.41) is 8.62. The maximum Gasteiger partial charge on any atom is 0.306 e. The Morgan fingerprint density at radius 3 is 2.50 bits per heavy atom. The molecule has 1 N–H and O–H groups in total. The smallest absolute Gasteiger partial charge is 0.306 e. The van der Waals surface area contributed by atoms with Gasteiger partial charge in [-0.3, -0.25) is 4.79 Å². The number of carboxylic acid groups (broad SMARTS) is 1. The molecule has 1 aliphatic rings. The van der Waals surface area contributed by atoms with Crippen LogP contribution in [0.2, 0.25) is 5.02 Å². The molecule has 2 rings (SSSR count). The Morgan fingerprint density at radius 1 is 1.35 bits per heavy atom. The molecule has 110 valence electrons. The van der Waals surface area contributed by atoms with Crippen LogP contribution in [0.4, 0.5) is 4.39 Å². The Bertz CT molecular complexity index is 626. The van der Waals surface area contributed by atoms with E-state index in [0.29, 0.717) is 0 Å². The topological polar surface area (TPSA) is 74.7 Å². The third-order valence-corrected chi connectivity index (χ3v) is 5.55. The van der Waals surface area contributed by atoms with Gasteiger partial charge in [-0.2, -0.15) is 4.31 Å². The van der Waals surface area contributed by atoms with Crippen LogP contribution in [-0.4, -0.2) is 36.9 Å². The molecule has 0 spiro atoms. The summed E-state index contributed by atoms with van der Waals surface area (Å²) < 4.78 is 39.6. The molecule has 0 saturated carbocycles. The number of hydrogen-bond donors (Lipinski definition) is 1. The minimum Gasteiger partial charge on any atom is -0.481 e. The van der Waals surface area contributed by atoms with E-state index in [1.165, 1.54) is 12.1 Å². The van der Waals surface area contributed by atoms with Crippen LogP contribution in [-0.2, 0) is 14.8 Å². The summed E-state index contributed by atoms with van der Waals surface area (Å²) in [4.78, 5) is 10.4. The molecule has 0 bridgehead atoms. The molecule has 0 aliphatic carbocycles. The highest BCUT2D eigenvalue weighted by molar-refractivity contribution is 7.89. The Balaban J connectivity index is 2.24. The Labute approximate surface area is 121 Å². The van der Waals surface area contributed by atoms with Gasteiger partial charge in [0, 0.05) is 13.1 Å². The van der Waals surface area contributed by atoms with E-state index in [9.17, 15) is 17.6 Å². The zero-order valence-electron chi connectivity index (χ0n) is 10.4. The molecule has 1 heterocycles. The van der Waals surface area contributed by atoms with Crippen LogP contribution in [0.25, 0.3) is 0 Å². The molecule has 0 amide bonds. The van der Waals surface area contributed by atoms with Crippen molar-refractivity contribution in [2.24, 2.45) is 5.92 Å². The van der Waals surface area contributed by atoms with Crippen LogP contribution >= 0.6 is 11.6 Å². The summed E-state index contributed by atoms with van der Waals surface area (Å²) in [5.41, 5.74) is 0. The van der Waals surface area contributed by atoms with Crippen molar-refractivity contribution in [1.29, 1.82) is 0 Å². The molecule has 5 nitrogen and oxygen atoms in total. The van der Waals surface area contributed by atoms with Gasteiger partial charge in [0.2, 0.25) is 10.0 Å². The van der Waals surface area contributed by atoms with E-state index in [2.05, 4.69) is 0 Å². The van der Waals surface area contributed by atoms with E-state index >= 15 is 0 Å². The first kappa shape index (κ1) is 15.2. The van der Waals surface area contributed by atoms with Gasteiger partial charge in [-0.25, -0.2) is 12.8 Å². The second-order valence-electron chi connectivity index (χ2n) is 4.57. The Hall–Kier alpha value is -1.18. The molecule has 0 aromatic heterocycles. The minimum atomic E-state index is -3.98. The third kappa shape index (κ3) is 2.79. The first-order valence-electron chi connectivity index (χ1n) is 6.01. The maximum absolute atomic E-state index is 13.8. The monoisotopic (exact) mass is 321 g/mol. The maximum atomic E-state index is 13.8. The highest BCUT2D eigenvalue weighted by Gasteiger charge is 2.33. The number of piperidine rings is 1. The van der Waals surface area contributed by atoms with Crippen molar-refractivity contribution in [1.82, 2.24) is 4.31 Å². The fourth-order valence-corrected chi connectivity index (χ4v) is 3.95. The number of nitrogens with zero attached hydrogens (tertiary/aromatic N) is 1. The van der Waals surface area contributed by atoms with E-state index in [0.717, 1.165) is 10.4 Å². The van der Waals surface area contributed by atoms with Crippen LogP contribution in [0.5, 0.6) is 0 Å². The molecule has 1 aromatic rings. The van der Waals surface area contributed by atoms with E-state index in [1.807, 2.05) is 0 Å². The van der Waals surface area contributed by atoms with Crippen molar-refractivity contribution < 1.29 is 22.7 Å². The molecular weight excluding hydrogens is 309 g/mol. The number of aliphatic carboxylic acids is 1. The summed E-state index contributed by atoms with van der Waals surface area (Å²) in [6.45, 7) is 0.122. The summed E-state index contributed by atoms with van der Waals surface area (Å²) in [6, 6.07) is 3.79. The van der Waals surface area contributed by atoms with Crippen LogP contribution in [0, 0.1) is 11.7 Å². The summed E-state index contributed by atoms with van der Waals surface area (Å²) >= 11 is 5.59. The van der Waals surface area contributed by atoms with Gasteiger partial charge in [0.15, 0.2) is 5.82 Å². The fourth-order valence-electron chi connectivity index (χ4n) is 2.17. The van der Waals surface area contributed by atoms with Crippen LogP contribution in [0.3, 0.4) is 0 Å². The van der Waals surface area contributed by atoms with Crippen molar-refractivity contribution in [2.75, 3.05) is 13.1 Å². The second kappa shape index (κ2) is 5.67. The van der Waals surface area contributed by atoms with Crippen LogP contribution < -0.4 is 0 Å². The molecule has 0 radical (unpaired) electrons. The standard InChI is InChI=1S/C12H13ClFNO4S/c13-9-2-1-3-10(11(9)14)20(18,19)15-6-4-8(5-7-15)12(16)17/h1-3,8H,4-7H2,(H,16,17). The van der Waals surface area contributed by atoms with E-state index in [4.69, 9.17) is 16.7 Å². The number of benzene rings is 1. The van der Waals surface area contributed by atoms with E-state index < -0.39 is 32.6 Å². The lowest BCUT2D eigenvalue weighted by molar-refractivity contribution is -0.142. The number of rotatable bonds is 3. The van der Waals surface area contributed by atoms with Gasteiger partial charge in [0.1, 0.15) is 4.90 Å². The van der Waals surface area contributed by atoms with Gasteiger partial charge in [-0.05, 0) is 25.0 Å². The molecule has 20 heavy (non-hydrogen) atoms. The zero-order valence-corrected chi connectivity index (χ0v) is 12.0. The van der Waals surface area contributed by atoms with E-state index in [1.54, 1.807) is 0 Å². The highest BCUT2D eigenvalue weighted by atomic mass is 35.5. The lowest BCUT2D eigenvalue weighted by Crippen LogP contribution is -2.40. The van der Waals surface area contributed by atoms with E-state index in [-0.39, 0.29) is 31.0 Å². The number of halogens is 2. The molecule has 8 heteroatoms. The number of hydrogen-bond acceptors (Lipinski definition) is 3. The zero-order chi connectivity index (χ0) is 14.9. The molecule has 1 saturated heterocycles. The quantitative estimate of drug-likeness (QED) is 0.923. The third-order valence-electron chi connectivity index (χ3n) is 3.34. The van der Waals surface area contributed by atoms with Crippen molar-refractivity contribution in [3.8, 4) is 0 Å². The minimum absolute atomic E-state index is 0.0608. The predicted octanol–water partition coefficient (Wildman–Crippen LogP) is 1.96. The SMILES string of the molecule is O=C(O)C1CCN(S(=O)(=O)c2cccc(Cl)c2F)CC1. The lowest BCUT2D eigenvalue weighted by atomic mass is 9.99. The van der Waals surface area contributed by atoms with Gasteiger partial charge in [-0.15, -0.1) is 0 Å². The molecule has 0 atom stereocenters. The average Bonchev–Trinajstić information content (AvgIpc) is 2.41. The van der Waals surface area contributed by atoms with Gasteiger partial charge >= 0.3 is 5.97 Å². The number of sulfonamides is 1. The van der Waals surface area contributed by atoms with Gasteiger partial charge in [-0.1, -0.05) is 17.7 Å². The first-order chi connectivity index (χ1) is 9.34. The first-order valence-corrected chi connectivity index (χ1v) is 7.83. The van der Waals surface area contributed by atoms with Crippen molar-refractivity contribution >= 4 is 27.6 Å². The number of carboxylic acids is 1. The van der Waals surface area contributed by atoms with Gasteiger partial charge in [0.25, 0.3) is 0 Å². The molecule has 0 unspecified atom stereocenters. The average molecular weight is 322 g/mol. The molecular formula is C12H13ClFNO4S. The fraction of sp³-hybridized carbons (Fsp3) is 0.417.